The van der Waals surface area contributed by atoms with E-state index in [9.17, 15) is 24.3 Å². The first-order chi connectivity index (χ1) is 28.9. The van der Waals surface area contributed by atoms with Crippen molar-refractivity contribution in [3.63, 3.8) is 0 Å². The Labute approximate surface area is 344 Å². The summed E-state index contributed by atoms with van der Waals surface area (Å²) in [6.45, 7) is 7.17. The largest absolute Gasteiger partial charge is 0.508 e. The predicted octanol–water partition coefficient (Wildman–Crippen LogP) is 1.33. The fourth-order valence-corrected chi connectivity index (χ4v) is 5.02. The Bertz CT molecular complexity index is 1670. The summed E-state index contributed by atoms with van der Waals surface area (Å²) < 4.78 is 49.0. The van der Waals surface area contributed by atoms with Crippen molar-refractivity contribution >= 4 is 28.7 Å². The maximum absolute atomic E-state index is 12.6. The molecule has 3 rings (SSSR count). The number of phenols is 1. The van der Waals surface area contributed by atoms with E-state index in [4.69, 9.17) is 48.0 Å². The van der Waals surface area contributed by atoms with E-state index in [1.54, 1.807) is 24.3 Å². The molecule has 328 valence electrons. The summed E-state index contributed by atoms with van der Waals surface area (Å²) in [5, 5.41) is 18.1. The number of phenolic OH excluding ortho intramolecular Hbond substituents is 1. The van der Waals surface area contributed by atoms with Gasteiger partial charge in [0.05, 0.1) is 79.3 Å². The second-order valence-corrected chi connectivity index (χ2v) is 12.8. The van der Waals surface area contributed by atoms with E-state index in [2.05, 4.69) is 16.0 Å². The second-order valence-electron chi connectivity index (χ2n) is 12.8. The number of nitrogens with two attached hydrogens (primary N) is 1. The van der Waals surface area contributed by atoms with Crippen molar-refractivity contribution in [1.29, 1.82) is 0 Å². The first-order valence-corrected chi connectivity index (χ1v) is 19.9. The molecule has 59 heavy (non-hydrogen) atoms. The quantitative estimate of drug-likeness (QED) is 0.0415. The van der Waals surface area contributed by atoms with E-state index >= 15 is 0 Å². The number of aromatic hydroxyl groups is 1. The lowest BCUT2D eigenvalue weighted by atomic mass is 10.1. The Morgan fingerprint density at radius 1 is 0.610 bits per heavy atom. The minimum Gasteiger partial charge on any atom is -0.508 e. The molecule has 0 fully saturated rings. The third-order valence-electron chi connectivity index (χ3n) is 8.14. The van der Waals surface area contributed by atoms with Crippen molar-refractivity contribution in [1.82, 2.24) is 16.0 Å². The lowest BCUT2D eigenvalue weighted by Gasteiger charge is -2.10. The third-order valence-corrected chi connectivity index (χ3v) is 8.14. The molecular formula is C41H60N4O14. The molecule has 0 atom stereocenters. The molecule has 0 unspecified atom stereocenters. The molecule has 0 saturated heterocycles. The lowest BCUT2D eigenvalue weighted by Crippen LogP contribution is -2.32. The molecule has 3 aromatic rings. The maximum atomic E-state index is 12.6. The van der Waals surface area contributed by atoms with Crippen molar-refractivity contribution < 1.29 is 61.8 Å². The molecule has 18 nitrogen and oxygen atoms in total. The Balaban J connectivity index is 1.12. The topological polar surface area (TPSA) is 238 Å². The summed E-state index contributed by atoms with van der Waals surface area (Å²) in [6, 6.07) is 13.1. The fraction of sp³-hybridized carbons (Fsp3) is 0.561. The van der Waals surface area contributed by atoms with Gasteiger partial charge in [0.15, 0.2) is 6.61 Å². The smallest absolute Gasteiger partial charge is 0.349 e. The molecule has 0 aliphatic heterocycles. The van der Waals surface area contributed by atoms with Gasteiger partial charge in [0, 0.05) is 50.7 Å². The average Bonchev–Trinajstić information content (AvgIpc) is 3.23. The normalized spacial score (nSPS) is 11.1. The number of hydrogen-bond donors (Lipinski definition) is 5. The van der Waals surface area contributed by atoms with E-state index < -0.39 is 11.5 Å². The Morgan fingerprint density at radius 2 is 1.19 bits per heavy atom. The van der Waals surface area contributed by atoms with Gasteiger partial charge in [0.2, 0.25) is 5.91 Å². The van der Waals surface area contributed by atoms with Crippen LogP contribution >= 0.6 is 0 Å². The van der Waals surface area contributed by atoms with Gasteiger partial charge in [-0.3, -0.25) is 14.4 Å². The van der Waals surface area contributed by atoms with Crippen LogP contribution in [0.5, 0.6) is 11.5 Å². The fourth-order valence-electron chi connectivity index (χ4n) is 5.02. The van der Waals surface area contributed by atoms with Crippen LogP contribution in [0.4, 0.5) is 0 Å². The van der Waals surface area contributed by atoms with Crippen LogP contribution in [0.3, 0.4) is 0 Å². The van der Waals surface area contributed by atoms with Gasteiger partial charge in [0.25, 0.3) is 11.8 Å². The number of fused-ring (bicyclic) bond motifs is 1. The zero-order chi connectivity index (χ0) is 42.2. The number of benzene rings is 2. The number of carbonyl (C=O) groups is 3. The highest BCUT2D eigenvalue weighted by Gasteiger charge is 2.14. The first-order valence-electron chi connectivity index (χ1n) is 19.9. The summed E-state index contributed by atoms with van der Waals surface area (Å²) >= 11 is 0. The monoisotopic (exact) mass is 832 g/mol. The molecule has 2 aromatic carbocycles. The summed E-state index contributed by atoms with van der Waals surface area (Å²) in [5.74, 6) is -0.459. The van der Waals surface area contributed by atoms with Gasteiger partial charge < -0.3 is 69.1 Å². The molecule has 1 aromatic heterocycles. The molecule has 0 spiro atoms. The molecule has 1 heterocycles. The van der Waals surface area contributed by atoms with Crippen molar-refractivity contribution in [2.75, 3.05) is 125 Å². The molecule has 0 aliphatic carbocycles. The molecule has 6 N–H and O–H groups in total. The Hall–Kier alpha value is -4.66. The van der Waals surface area contributed by atoms with Crippen LogP contribution < -0.4 is 32.0 Å². The highest BCUT2D eigenvalue weighted by molar-refractivity contribution is 5.96. The van der Waals surface area contributed by atoms with Crippen molar-refractivity contribution in [2.45, 2.75) is 25.7 Å². The standard InChI is InChI=1S/C41H60N4O14/c42-11-1-15-51-19-23-55-24-20-52-16-2-12-45-40(49)36-29-33-5-8-35(30-37(33)59-41(36)50)58-31-39(48)44-14-18-54-22-26-57-28-27-56-25-21-53-17-10-38(47)43-13-9-32-3-6-34(46)7-4-32/h3-8,29-30,46H,1-2,9-28,31,42H2,(H,43,47)(H,44,48)(H,45,49). The lowest BCUT2D eigenvalue weighted by molar-refractivity contribution is -0.123. The highest BCUT2D eigenvalue weighted by atomic mass is 16.6. The minimum atomic E-state index is -0.791. The summed E-state index contributed by atoms with van der Waals surface area (Å²) in [6.07, 6.45) is 2.32. The molecular weight excluding hydrogens is 772 g/mol. The summed E-state index contributed by atoms with van der Waals surface area (Å²) in [4.78, 5) is 49.3. The van der Waals surface area contributed by atoms with E-state index in [0.29, 0.717) is 130 Å². The molecule has 18 heteroatoms. The van der Waals surface area contributed by atoms with Crippen LogP contribution in [0.25, 0.3) is 11.0 Å². The van der Waals surface area contributed by atoms with E-state index in [-0.39, 0.29) is 54.9 Å². The Kier molecular flexibility index (Phi) is 25.8. The van der Waals surface area contributed by atoms with Crippen LogP contribution in [0, 0.1) is 0 Å². The van der Waals surface area contributed by atoms with Crippen LogP contribution in [0.15, 0.2) is 57.7 Å². The van der Waals surface area contributed by atoms with Gasteiger partial charge in [-0.2, -0.15) is 0 Å². The van der Waals surface area contributed by atoms with Gasteiger partial charge in [-0.25, -0.2) is 4.79 Å². The van der Waals surface area contributed by atoms with E-state index in [0.717, 1.165) is 12.0 Å². The maximum Gasteiger partial charge on any atom is 0.349 e. The predicted molar refractivity (Wildman–Crippen MR) is 217 cm³/mol. The SMILES string of the molecule is NCCCOCCOCCOCCCNC(=O)c1cc2ccc(OCC(=O)NCCOCCOCCOCCOCCC(=O)NCCc3ccc(O)cc3)cc2oc1=O. The number of amides is 3. The van der Waals surface area contributed by atoms with Crippen LogP contribution in [-0.4, -0.2) is 148 Å². The number of rotatable bonds is 35. The van der Waals surface area contributed by atoms with Crippen LogP contribution in [0.1, 0.15) is 35.2 Å². The van der Waals surface area contributed by atoms with E-state index in [1.165, 1.54) is 12.1 Å². The summed E-state index contributed by atoms with van der Waals surface area (Å²) in [5.41, 5.74) is 5.74. The van der Waals surface area contributed by atoms with Gasteiger partial charge in [0.1, 0.15) is 22.6 Å². The van der Waals surface area contributed by atoms with E-state index in [1.807, 2.05) is 12.1 Å². The molecule has 3 amide bonds. The zero-order valence-electron chi connectivity index (χ0n) is 33.7. The highest BCUT2D eigenvalue weighted by Crippen LogP contribution is 2.20. The third kappa shape index (κ3) is 22.9. The Morgan fingerprint density at radius 3 is 1.83 bits per heavy atom. The van der Waals surface area contributed by atoms with Gasteiger partial charge in [-0.15, -0.1) is 0 Å². The molecule has 0 saturated carbocycles. The number of carbonyl (C=O) groups excluding carboxylic acids is 3. The van der Waals surface area contributed by atoms with Crippen molar-refractivity contribution in [3.05, 3.63) is 70.1 Å². The van der Waals surface area contributed by atoms with Crippen molar-refractivity contribution in [3.8, 4) is 11.5 Å². The average molecular weight is 833 g/mol. The molecule has 0 aliphatic rings. The molecule has 0 bridgehead atoms. The van der Waals surface area contributed by atoms with Gasteiger partial charge in [-0.05, 0) is 61.7 Å². The first kappa shape index (κ1) is 48.7. The number of hydrogen-bond acceptors (Lipinski definition) is 15. The second kappa shape index (κ2) is 31.3. The minimum absolute atomic E-state index is 0.0848. The van der Waals surface area contributed by atoms with Crippen LogP contribution in [0.2, 0.25) is 0 Å². The number of ether oxygens (including phenoxy) is 8. The number of nitrogens with one attached hydrogen (secondary N) is 3. The molecule has 0 radical (unpaired) electrons. The summed E-state index contributed by atoms with van der Waals surface area (Å²) in [7, 11) is 0. The van der Waals surface area contributed by atoms with Crippen molar-refractivity contribution in [2.24, 2.45) is 5.73 Å². The van der Waals surface area contributed by atoms with Crippen LogP contribution in [-0.2, 0) is 49.2 Å². The van der Waals surface area contributed by atoms with Gasteiger partial charge >= 0.3 is 5.63 Å². The van der Waals surface area contributed by atoms with Gasteiger partial charge in [-0.1, -0.05) is 12.1 Å². The zero-order valence-corrected chi connectivity index (χ0v) is 33.7.